The van der Waals surface area contributed by atoms with Crippen LogP contribution in [-0.4, -0.2) is 44.7 Å². The predicted octanol–water partition coefficient (Wildman–Crippen LogP) is 2.11. The minimum atomic E-state index is -0.793. The summed E-state index contributed by atoms with van der Waals surface area (Å²) in [6.45, 7) is 2.14. The fourth-order valence-corrected chi connectivity index (χ4v) is 1.69. The van der Waals surface area contributed by atoms with E-state index in [1.165, 1.54) is 19.1 Å². The second-order valence-corrected chi connectivity index (χ2v) is 4.29. The molecule has 1 N–H and O–H groups in total. The minimum Gasteiger partial charge on any atom is -0.383 e. The van der Waals surface area contributed by atoms with Crippen molar-refractivity contribution in [2.45, 2.75) is 13.0 Å². The summed E-state index contributed by atoms with van der Waals surface area (Å²) in [6.07, 6.45) is 0. The number of rotatable bonds is 5. The van der Waals surface area contributed by atoms with E-state index >= 15 is 0 Å². The van der Waals surface area contributed by atoms with Gasteiger partial charge in [-0.05, 0) is 19.1 Å². The average molecular weight is 272 g/mol. The van der Waals surface area contributed by atoms with Crippen LogP contribution in [0.15, 0.2) is 12.1 Å². The fourth-order valence-electron chi connectivity index (χ4n) is 1.69. The number of ether oxygens (including phenoxy) is 1. The molecule has 0 aromatic heterocycles. The third kappa shape index (κ3) is 3.41. The van der Waals surface area contributed by atoms with Crippen molar-refractivity contribution in [1.29, 1.82) is 0 Å². The number of hydrogen-bond donors (Lipinski definition) is 1. The maximum atomic E-state index is 13.6. The first-order valence-corrected chi connectivity index (χ1v) is 5.85. The number of halogens is 2. The number of nitrogens with zero attached hydrogens (tertiary/aromatic N) is 1. The molecule has 1 atom stereocenters. The molecular weight excluding hydrogens is 254 g/mol. The van der Waals surface area contributed by atoms with E-state index in [0.29, 0.717) is 6.61 Å². The van der Waals surface area contributed by atoms with E-state index in [-0.39, 0.29) is 17.3 Å². The molecular formula is C13H18F2N2O2. The maximum absolute atomic E-state index is 13.6. The van der Waals surface area contributed by atoms with Gasteiger partial charge in [0, 0.05) is 26.8 Å². The molecule has 1 aromatic carbocycles. The first-order chi connectivity index (χ1) is 8.92. The SMILES string of the molecule is CNc1c(F)cc(C(=O)N(C)C(C)COC)cc1F. The number of methoxy groups -OCH3 is 1. The van der Waals surface area contributed by atoms with Crippen LogP contribution in [0.1, 0.15) is 17.3 Å². The highest BCUT2D eigenvalue weighted by Crippen LogP contribution is 2.21. The van der Waals surface area contributed by atoms with Gasteiger partial charge in [0.25, 0.3) is 5.91 Å². The highest BCUT2D eigenvalue weighted by atomic mass is 19.1. The number of anilines is 1. The van der Waals surface area contributed by atoms with Gasteiger partial charge in [0.2, 0.25) is 0 Å². The van der Waals surface area contributed by atoms with Gasteiger partial charge in [-0.15, -0.1) is 0 Å². The summed E-state index contributed by atoms with van der Waals surface area (Å²) >= 11 is 0. The fraction of sp³-hybridized carbons (Fsp3) is 0.462. The van der Waals surface area contributed by atoms with E-state index < -0.39 is 17.5 Å². The summed E-state index contributed by atoms with van der Waals surface area (Å²) in [6, 6.07) is 1.85. The van der Waals surface area contributed by atoms with Crippen LogP contribution in [0, 0.1) is 11.6 Å². The summed E-state index contributed by atoms with van der Waals surface area (Å²) in [7, 11) is 4.50. The molecule has 0 heterocycles. The van der Waals surface area contributed by atoms with Crippen LogP contribution < -0.4 is 5.32 Å². The lowest BCUT2D eigenvalue weighted by molar-refractivity contribution is 0.0632. The Labute approximate surface area is 111 Å². The number of benzene rings is 1. The van der Waals surface area contributed by atoms with E-state index in [1.54, 1.807) is 14.0 Å². The zero-order valence-electron chi connectivity index (χ0n) is 11.5. The van der Waals surface area contributed by atoms with Gasteiger partial charge < -0.3 is 15.0 Å². The van der Waals surface area contributed by atoms with Crippen molar-refractivity contribution in [3.8, 4) is 0 Å². The van der Waals surface area contributed by atoms with Crippen LogP contribution in [0.25, 0.3) is 0 Å². The maximum Gasteiger partial charge on any atom is 0.254 e. The third-order valence-electron chi connectivity index (χ3n) is 2.93. The second-order valence-electron chi connectivity index (χ2n) is 4.29. The summed E-state index contributed by atoms with van der Waals surface area (Å²) in [4.78, 5) is 13.5. The minimum absolute atomic E-state index is 0.0283. The Bertz CT molecular complexity index is 443. The predicted molar refractivity (Wildman–Crippen MR) is 69.3 cm³/mol. The third-order valence-corrected chi connectivity index (χ3v) is 2.93. The molecule has 4 nitrogen and oxygen atoms in total. The molecule has 0 aliphatic heterocycles. The summed E-state index contributed by atoms with van der Waals surface area (Å²) < 4.78 is 32.1. The van der Waals surface area contributed by atoms with Crippen LogP contribution in [0.2, 0.25) is 0 Å². The molecule has 1 aromatic rings. The van der Waals surface area contributed by atoms with E-state index in [0.717, 1.165) is 12.1 Å². The molecule has 19 heavy (non-hydrogen) atoms. The van der Waals surface area contributed by atoms with Crippen molar-refractivity contribution in [1.82, 2.24) is 4.90 Å². The summed E-state index contributed by atoms with van der Waals surface area (Å²) in [5.74, 6) is -2.04. The van der Waals surface area contributed by atoms with E-state index in [1.807, 2.05) is 0 Å². The first kappa shape index (κ1) is 15.4. The monoisotopic (exact) mass is 272 g/mol. The van der Waals surface area contributed by atoms with Crippen LogP contribution in [0.4, 0.5) is 14.5 Å². The molecule has 0 bridgehead atoms. The van der Waals surface area contributed by atoms with Crippen LogP contribution in [0.3, 0.4) is 0 Å². The molecule has 1 amide bonds. The normalized spacial score (nSPS) is 12.1. The van der Waals surface area contributed by atoms with E-state index in [2.05, 4.69) is 5.32 Å². The molecule has 0 saturated carbocycles. The Kier molecular flexibility index (Phi) is 5.23. The lowest BCUT2D eigenvalue weighted by Crippen LogP contribution is -2.37. The van der Waals surface area contributed by atoms with Crippen molar-refractivity contribution in [3.05, 3.63) is 29.3 Å². The van der Waals surface area contributed by atoms with Crippen molar-refractivity contribution >= 4 is 11.6 Å². The Morgan fingerprint density at radius 2 is 1.95 bits per heavy atom. The lowest BCUT2D eigenvalue weighted by Gasteiger charge is -2.24. The lowest BCUT2D eigenvalue weighted by atomic mass is 10.1. The molecule has 1 unspecified atom stereocenters. The largest absolute Gasteiger partial charge is 0.383 e. The van der Waals surface area contributed by atoms with Gasteiger partial charge in [-0.3, -0.25) is 4.79 Å². The van der Waals surface area contributed by atoms with Gasteiger partial charge in [0.15, 0.2) is 0 Å². The van der Waals surface area contributed by atoms with Crippen LogP contribution >= 0.6 is 0 Å². The van der Waals surface area contributed by atoms with E-state index in [9.17, 15) is 13.6 Å². The Hall–Kier alpha value is -1.69. The van der Waals surface area contributed by atoms with E-state index in [4.69, 9.17) is 4.74 Å². The molecule has 0 aliphatic carbocycles. The van der Waals surface area contributed by atoms with Crippen molar-refractivity contribution < 1.29 is 18.3 Å². The average Bonchev–Trinajstić information content (AvgIpc) is 2.36. The number of carbonyl (C=O) groups is 1. The van der Waals surface area contributed by atoms with Crippen molar-refractivity contribution in [2.75, 3.05) is 33.1 Å². The van der Waals surface area contributed by atoms with Gasteiger partial charge in [-0.2, -0.15) is 0 Å². The molecule has 6 heteroatoms. The molecule has 1 rings (SSSR count). The zero-order chi connectivity index (χ0) is 14.6. The zero-order valence-corrected chi connectivity index (χ0v) is 11.5. The Balaban J connectivity index is 3.00. The molecule has 106 valence electrons. The van der Waals surface area contributed by atoms with Gasteiger partial charge in [-0.1, -0.05) is 0 Å². The first-order valence-electron chi connectivity index (χ1n) is 5.85. The van der Waals surface area contributed by atoms with Crippen molar-refractivity contribution in [2.24, 2.45) is 0 Å². The summed E-state index contributed by atoms with van der Waals surface area (Å²) in [5.41, 5.74) is -0.274. The van der Waals surface area contributed by atoms with Gasteiger partial charge >= 0.3 is 0 Å². The summed E-state index contributed by atoms with van der Waals surface area (Å²) in [5, 5.41) is 2.41. The number of carbonyl (C=O) groups excluding carboxylic acids is 1. The van der Waals surface area contributed by atoms with Crippen molar-refractivity contribution in [3.63, 3.8) is 0 Å². The molecule has 0 saturated heterocycles. The number of likely N-dealkylation sites (N-methyl/N-ethyl adjacent to an activating group) is 1. The standard InChI is InChI=1S/C13H18F2N2O2/c1-8(7-19-4)17(3)13(18)9-5-10(14)12(16-2)11(15)6-9/h5-6,8,16H,7H2,1-4H3. The highest BCUT2D eigenvalue weighted by molar-refractivity contribution is 5.94. The Morgan fingerprint density at radius 1 is 1.42 bits per heavy atom. The number of amides is 1. The number of hydrogen-bond acceptors (Lipinski definition) is 3. The molecule has 0 aliphatic rings. The molecule has 0 fully saturated rings. The highest BCUT2D eigenvalue weighted by Gasteiger charge is 2.20. The van der Waals surface area contributed by atoms with Gasteiger partial charge in [0.05, 0.1) is 12.6 Å². The Morgan fingerprint density at radius 3 is 2.37 bits per heavy atom. The molecule has 0 spiro atoms. The smallest absolute Gasteiger partial charge is 0.254 e. The van der Waals surface area contributed by atoms with Crippen LogP contribution in [0.5, 0.6) is 0 Å². The quantitative estimate of drug-likeness (QED) is 0.892. The second kappa shape index (κ2) is 6.47. The molecule has 0 radical (unpaired) electrons. The van der Waals surface area contributed by atoms with Gasteiger partial charge in [0.1, 0.15) is 17.3 Å². The topological polar surface area (TPSA) is 41.6 Å². The van der Waals surface area contributed by atoms with Crippen LogP contribution in [-0.2, 0) is 4.74 Å². The number of nitrogens with one attached hydrogen (secondary N) is 1. The van der Waals surface area contributed by atoms with Gasteiger partial charge in [-0.25, -0.2) is 8.78 Å².